The number of hydrogen-bond donors (Lipinski definition) is 1. The summed E-state index contributed by atoms with van der Waals surface area (Å²) >= 11 is 5.84. The van der Waals surface area contributed by atoms with E-state index in [4.69, 9.17) is 11.6 Å². The van der Waals surface area contributed by atoms with Crippen LogP contribution in [0, 0.1) is 0 Å². The predicted molar refractivity (Wildman–Crippen MR) is 99.7 cm³/mol. The summed E-state index contributed by atoms with van der Waals surface area (Å²) in [5.41, 5.74) is 2.21. The fraction of sp³-hybridized carbons (Fsp3) is 0.278. The molecule has 1 fully saturated rings. The van der Waals surface area contributed by atoms with Crippen LogP contribution in [0.25, 0.3) is 0 Å². The average molecular weight is 379 g/mol. The van der Waals surface area contributed by atoms with Crippen molar-refractivity contribution in [3.63, 3.8) is 0 Å². The first-order valence-corrected chi connectivity index (χ1v) is 10.1. The van der Waals surface area contributed by atoms with Crippen LogP contribution in [0.3, 0.4) is 0 Å². The van der Waals surface area contributed by atoms with Gasteiger partial charge in [-0.2, -0.15) is 0 Å². The summed E-state index contributed by atoms with van der Waals surface area (Å²) in [5, 5.41) is 3.55. The lowest BCUT2D eigenvalue weighted by Gasteiger charge is -2.17. The molecule has 1 saturated heterocycles. The van der Waals surface area contributed by atoms with Crippen molar-refractivity contribution in [1.82, 2.24) is 5.32 Å². The van der Waals surface area contributed by atoms with Crippen molar-refractivity contribution in [2.45, 2.75) is 12.8 Å². The standard InChI is InChI=1S/C18H19ClN2O3S/c19-16-6-2-14(3-7-16)10-11-20-18(22)15-4-8-17(9-5-15)21-12-1-13-25(21,23)24/h2-9H,1,10-13H2,(H,20,22). The van der Waals surface area contributed by atoms with Crippen LogP contribution in [0.2, 0.25) is 5.02 Å². The first-order chi connectivity index (χ1) is 12.0. The number of nitrogens with one attached hydrogen (secondary N) is 1. The average Bonchev–Trinajstić information content (AvgIpc) is 2.96. The van der Waals surface area contributed by atoms with Crippen LogP contribution in [0.15, 0.2) is 48.5 Å². The molecule has 0 saturated carbocycles. The summed E-state index contributed by atoms with van der Waals surface area (Å²) < 4.78 is 25.2. The molecule has 0 spiro atoms. The summed E-state index contributed by atoms with van der Waals surface area (Å²) in [6, 6.07) is 14.2. The van der Waals surface area contributed by atoms with Gasteiger partial charge in [-0.3, -0.25) is 9.10 Å². The van der Waals surface area contributed by atoms with Crippen LogP contribution in [-0.4, -0.2) is 33.2 Å². The molecule has 25 heavy (non-hydrogen) atoms. The van der Waals surface area contributed by atoms with Gasteiger partial charge < -0.3 is 5.32 Å². The Hall–Kier alpha value is -2.05. The molecule has 0 aliphatic carbocycles. The van der Waals surface area contributed by atoms with E-state index in [0.717, 1.165) is 5.56 Å². The van der Waals surface area contributed by atoms with E-state index in [9.17, 15) is 13.2 Å². The third-order valence-corrected chi connectivity index (χ3v) is 6.25. The minimum Gasteiger partial charge on any atom is -0.352 e. The first kappa shape index (κ1) is 17.8. The van der Waals surface area contributed by atoms with Crippen molar-refractivity contribution in [3.8, 4) is 0 Å². The van der Waals surface area contributed by atoms with Gasteiger partial charge in [-0.25, -0.2) is 8.42 Å². The molecule has 1 heterocycles. The minimum absolute atomic E-state index is 0.176. The van der Waals surface area contributed by atoms with Gasteiger partial charge in [0.2, 0.25) is 10.0 Å². The number of halogens is 1. The summed E-state index contributed by atoms with van der Waals surface area (Å²) in [4.78, 5) is 12.2. The van der Waals surface area contributed by atoms with Gasteiger partial charge in [-0.15, -0.1) is 0 Å². The molecule has 0 bridgehead atoms. The van der Waals surface area contributed by atoms with Gasteiger partial charge in [0.25, 0.3) is 5.91 Å². The molecule has 132 valence electrons. The number of benzene rings is 2. The molecule has 2 aromatic carbocycles. The van der Waals surface area contributed by atoms with Crippen molar-refractivity contribution in [1.29, 1.82) is 0 Å². The fourth-order valence-corrected chi connectivity index (χ4v) is 4.47. The maximum absolute atomic E-state index is 12.2. The van der Waals surface area contributed by atoms with E-state index in [-0.39, 0.29) is 11.7 Å². The topological polar surface area (TPSA) is 66.5 Å². The zero-order valence-electron chi connectivity index (χ0n) is 13.6. The van der Waals surface area contributed by atoms with Crippen LogP contribution in [0.4, 0.5) is 5.69 Å². The summed E-state index contributed by atoms with van der Waals surface area (Å²) in [7, 11) is -3.20. The van der Waals surface area contributed by atoms with Crippen LogP contribution >= 0.6 is 11.6 Å². The highest BCUT2D eigenvalue weighted by atomic mass is 35.5. The molecule has 1 aliphatic heterocycles. The Balaban J connectivity index is 1.56. The summed E-state index contributed by atoms with van der Waals surface area (Å²) in [5.74, 6) is 0.00437. The van der Waals surface area contributed by atoms with Crippen molar-refractivity contribution in [3.05, 3.63) is 64.7 Å². The van der Waals surface area contributed by atoms with E-state index in [0.29, 0.717) is 42.2 Å². The van der Waals surface area contributed by atoms with Gasteiger partial charge in [0.05, 0.1) is 11.4 Å². The highest BCUT2D eigenvalue weighted by Gasteiger charge is 2.28. The molecular weight excluding hydrogens is 360 g/mol. The van der Waals surface area contributed by atoms with Crippen LogP contribution in [0.5, 0.6) is 0 Å². The molecular formula is C18H19ClN2O3S. The highest BCUT2D eigenvalue weighted by molar-refractivity contribution is 7.93. The fourth-order valence-electron chi connectivity index (χ4n) is 2.78. The largest absolute Gasteiger partial charge is 0.352 e. The van der Waals surface area contributed by atoms with Crippen LogP contribution in [-0.2, 0) is 16.4 Å². The molecule has 0 radical (unpaired) electrons. The van der Waals surface area contributed by atoms with Gasteiger partial charge in [0.1, 0.15) is 0 Å². The number of sulfonamides is 1. The monoisotopic (exact) mass is 378 g/mol. The summed E-state index contributed by atoms with van der Waals surface area (Å²) in [6.45, 7) is 1.01. The lowest BCUT2D eigenvalue weighted by Crippen LogP contribution is -2.26. The van der Waals surface area contributed by atoms with Gasteiger partial charge in [-0.05, 0) is 54.8 Å². The van der Waals surface area contributed by atoms with Gasteiger partial charge in [0.15, 0.2) is 0 Å². The van der Waals surface area contributed by atoms with E-state index in [2.05, 4.69) is 5.32 Å². The molecule has 5 nitrogen and oxygen atoms in total. The second kappa shape index (κ2) is 7.45. The number of carbonyl (C=O) groups is 1. The second-order valence-corrected chi connectivity index (χ2v) is 8.37. The van der Waals surface area contributed by atoms with Gasteiger partial charge in [-0.1, -0.05) is 23.7 Å². The number of rotatable bonds is 5. The molecule has 0 unspecified atom stereocenters. The molecule has 1 amide bonds. The Bertz CT molecular complexity index is 849. The van der Waals surface area contributed by atoms with E-state index in [1.165, 1.54) is 4.31 Å². The molecule has 2 aromatic rings. The number of nitrogens with zero attached hydrogens (tertiary/aromatic N) is 1. The maximum Gasteiger partial charge on any atom is 0.251 e. The number of hydrogen-bond acceptors (Lipinski definition) is 3. The van der Waals surface area contributed by atoms with E-state index < -0.39 is 10.0 Å². The molecule has 0 aromatic heterocycles. The normalized spacial score (nSPS) is 16.0. The Labute approximate surface area is 152 Å². The van der Waals surface area contributed by atoms with Gasteiger partial charge in [0, 0.05) is 23.7 Å². The van der Waals surface area contributed by atoms with Crippen molar-refractivity contribution < 1.29 is 13.2 Å². The smallest absolute Gasteiger partial charge is 0.251 e. The zero-order chi connectivity index (χ0) is 17.9. The van der Waals surface area contributed by atoms with Crippen LogP contribution < -0.4 is 9.62 Å². The SMILES string of the molecule is O=C(NCCc1ccc(Cl)cc1)c1ccc(N2CCCS2(=O)=O)cc1. The Kier molecular flexibility index (Phi) is 5.30. The number of amides is 1. The predicted octanol–water partition coefficient (Wildman–Crippen LogP) is 2.85. The number of carbonyl (C=O) groups excluding carboxylic acids is 1. The third kappa shape index (κ3) is 4.32. The van der Waals surface area contributed by atoms with Gasteiger partial charge >= 0.3 is 0 Å². The number of anilines is 1. The molecule has 1 aliphatic rings. The molecule has 1 N–H and O–H groups in total. The van der Waals surface area contributed by atoms with Crippen LogP contribution in [0.1, 0.15) is 22.3 Å². The highest BCUT2D eigenvalue weighted by Crippen LogP contribution is 2.24. The van der Waals surface area contributed by atoms with E-state index in [1.54, 1.807) is 24.3 Å². The quantitative estimate of drug-likeness (QED) is 0.869. The second-order valence-electron chi connectivity index (χ2n) is 5.92. The molecule has 7 heteroatoms. The summed E-state index contributed by atoms with van der Waals surface area (Å²) in [6.07, 6.45) is 1.35. The zero-order valence-corrected chi connectivity index (χ0v) is 15.2. The van der Waals surface area contributed by atoms with Crippen molar-refractivity contribution in [2.24, 2.45) is 0 Å². The maximum atomic E-state index is 12.2. The van der Waals surface area contributed by atoms with E-state index >= 15 is 0 Å². The lowest BCUT2D eigenvalue weighted by molar-refractivity contribution is 0.0954. The Morgan fingerprint density at radius 1 is 1.08 bits per heavy atom. The van der Waals surface area contributed by atoms with Crippen molar-refractivity contribution >= 4 is 33.2 Å². The van der Waals surface area contributed by atoms with E-state index in [1.807, 2.05) is 24.3 Å². The third-order valence-electron chi connectivity index (χ3n) is 4.13. The lowest BCUT2D eigenvalue weighted by atomic mass is 10.1. The van der Waals surface area contributed by atoms with Crippen molar-refractivity contribution in [2.75, 3.05) is 23.1 Å². The molecule has 3 rings (SSSR count). The minimum atomic E-state index is -3.20. The molecule has 0 atom stereocenters. The Morgan fingerprint density at radius 2 is 1.76 bits per heavy atom. The Morgan fingerprint density at radius 3 is 2.36 bits per heavy atom. The first-order valence-electron chi connectivity index (χ1n) is 8.09.